The van der Waals surface area contributed by atoms with Crippen molar-refractivity contribution in [2.45, 2.75) is 50.7 Å². The molecule has 0 radical (unpaired) electrons. The highest BCUT2D eigenvalue weighted by molar-refractivity contribution is 5.94. The maximum absolute atomic E-state index is 13.2. The first-order valence-electron chi connectivity index (χ1n) is 10.8. The maximum atomic E-state index is 13.2. The summed E-state index contributed by atoms with van der Waals surface area (Å²) in [6.07, 6.45) is 0.706. The van der Waals surface area contributed by atoms with E-state index in [1.807, 2.05) is 19.1 Å². The summed E-state index contributed by atoms with van der Waals surface area (Å²) in [6.45, 7) is 1.92. The number of aryl methyl sites for hydroxylation is 1. The van der Waals surface area contributed by atoms with Crippen LogP contribution in [0.4, 0.5) is 17.6 Å². The number of rotatable bonds is 5. The maximum Gasteiger partial charge on any atom is 0.417 e. The topological polar surface area (TPSA) is 54.9 Å². The fourth-order valence-corrected chi connectivity index (χ4v) is 4.25. The van der Waals surface area contributed by atoms with Crippen molar-refractivity contribution >= 4 is 5.91 Å². The van der Waals surface area contributed by atoms with E-state index in [4.69, 9.17) is 4.98 Å². The molecule has 0 spiro atoms. The Morgan fingerprint density at radius 1 is 1.15 bits per heavy atom. The van der Waals surface area contributed by atoms with Gasteiger partial charge in [-0.25, -0.2) is 4.39 Å². The first kappa shape index (κ1) is 22.9. The van der Waals surface area contributed by atoms with Gasteiger partial charge >= 0.3 is 6.18 Å². The molecule has 0 fully saturated rings. The zero-order valence-electron chi connectivity index (χ0n) is 18.0. The van der Waals surface area contributed by atoms with Gasteiger partial charge in [0.2, 0.25) is 0 Å². The molecule has 8 heteroatoms. The van der Waals surface area contributed by atoms with Crippen LogP contribution in [0.1, 0.15) is 76.6 Å². The predicted molar refractivity (Wildman–Crippen MR) is 115 cm³/mol. The van der Waals surface area contributed by atoms with E-state index in [1.165, 1.54) is 36.5 Å². The summed E-state index contributed by atoms with van der Waals surface area (Å²) in [5, 5.41) is 2.93. The SMILES string of the molecule is CCC(NC(=O)c1ccc(F)cc1)c1ccc2c(n1)CCC[C@@H]2c1cncc(C(F)(F)F)c1. The van der Waals surface area contributed by atoms with E-state index in [-0.39, 0.29) is 17.9 Å². The zero-order valence-corrected chi connectivity index (χ0v) is 18.0. The van der Waals surface area contributed by atoms with Crippen LogP contribution in [-0.4, -0.2) is 15.9 Å². The largest absolute Gasteiger partial charge is 0.417 e. The van der Waals surface area contributed by atoms with Gasteiger partial charge in [0.05, 0.1) is 17.3 Å². The zero-order chi connectivity index (χ0) is 23.6. The quantitative estimate of drug-likeness (QED) is 0.480. The average Bonchev–Trinajstić information content (AvgIpc) is 2.81. The lowest BCUT2D eigenvalue weighted by atomic mass is 9.81. The number of carbonyl (C=O) groups excluding carboxylic acids is 1. The van der Waals surface area contributed by atoms with Gasteiger partial charge in [-0.1, -0.05) is 13.0 Å². The Labute approximate surface area is 189 Å². The lowest BCUT2D eigenvalue weighted by molar-refractivity contribution is -0.137. The Balaban J connectivity index is 1.58. The summed E-state index contributed by atoms with van der Waals surface area (Å²) in [5.41, 5.74) is 2.53. The molecule has 33 heavy (non-hydrogen) atoms. The highest BCUT2D eigenvalue weighted by Gasteiger charge is 2.32. The summed E-state index contributed by atoms with van der Waals surface area (Å²) in [7, 11) is 0. The fraction of sp³-hybridized carbons (Fsp3) is 0.320. The van der Waals surface area contributed by atoms with Crippen LogP contribution in [0.2, 0.25) is 0 Å². The molecule has 1 unspecified atom stereocenters. The third-order valence-electron chi connectivity index (χ3n) is 5.98. The Kier molecular flexibility index (Phi) is 6.44. The van der Waals surface area contributed by atoms with Gasteiger partial charge in [-0.05, 0) is 73.2 Å². The summed E-state index contributed by atoms with van der Waals surface area (Å²) >= 11 is 0. The third kappa shape index (κ3) is 5.05. The number of aromatic nitrogens is 2. The molecule has 4 rings (SSSR count). The molecule has 1 aliphatic rings. The van der Waals surface area contributed by atoms with Crippen LogP contribution in [0, 0.1) is 5.82 Å². The second-order valence-corrected chi connectivity index (χ2v) is 8.16. The molecule has 0 aliphatic heterocycles. The van der Waals surface area contributed by atoms with Crippen molar-refractivity contribution in [3.63, 3.8) is 0 Å². The number of pyridine rings is 2. The van der Waals surface area contributed by atoms with Crippen molar-refractivity contribution < 1.29 is 22.4 Å². The van der Waals surface area contributed by atoms with Gasteiger partial charge in [-0.15, -0.1) is 0 Å². The van der Waals surface area contributed by atoms with Crippen LogP contribution in [0.5, 0.6) is 0 Å². The van der Waals surface area contributed by atoms with Crippen LogP contribution in [0.15, 0.2) is 54.9 Å². The predicted octanol–water partition coefficient (Wildman–Crippen LogP) is 5.98. The molecule has 172 valence electrons. The molecule has 0 saturated carbocycles. The smallest absolute Gasteiger partial charge is 0.344 e. The van der Waals surface area contributed by atoms with E-state index in [2.05, 4.69) is 10.3 Å². The number of amides is 1. The molecular weight excluding hydrogens is 434 g/mol. The minimum absolute atomic E-state index is 0.209. The van der Waals surface area contributed by atoms with Gasteiger partial charge in [-0.3, -0.25) is 14.8 Å². The molecule has 0 bridgehead atoms. The normalized spacial score (nSPS) is 16.7. The first-order valence-corrected chi connectivity index (χ1v) is 10.8. The standard InChI is InChI=1S/C25H23F4N3O/c1-2-21(32-24(33)15-6-8-18(26)9-7-15)23-11-10-20-19(4-3-5-22(20)31-23)16-12-17(14-30-13-16)25(27,28)29/h6-14,19,21H,2-5H2,1H3,(H,32,33)/t19-,21?/m1/s1. The van der Waals surface area contributed by atoms with Crippen LogP contribution in [-0.2, 0) is 12.6 Å². The van der Waals surface area contributed by atoms with Crippen LogP contribution >= 0.6 is 0 Å². The van der Waals surface area contributed by atoms with E-state index in [0.717, 1.165) is 30.3 Å². The van der Waals surface area contributed by atoms with E-state index in [9.17, 15) is 22.4 Å². The second-order valence-electron chi connectivity index (χ2n) is 8.16. The average molecular weight is 457 g/mol. The molecule has 2 atom stereocenters. The van der Waals surface area contributed by atoms with Crippen molar-refractivity contribution in [2.24, 2.45) is 0 Å². The molecule has 1 aliphatic carbocycles. The van der Waals surface area contributed by atoms with Crippen molar-refractivity contribution in [1.82, 2.24) is 15.3 Å². The van der Waals surface area contributed by atoms with Gasteiger partial charge in [-0.2, -0.15) is 13.2 Å². The van der Waals surface area contributed by atoms with E-state index in [0.29, 0.717) is 29.7 Å². The number of halogens is 4. The highest BCUT2D eigenvalue weighted by atomic mass is 19.4. The van der Waals surface area contributed by atoms with E-state index >= 15 is 0 Å². The summed E-state index contributed by atoms with van der Waals surface area (Å²) in [5.74, 6) is -0.950. The number of nitrogens with zero attached hydrogens (tertiary/aromatic N) is 2. The molecule has 2 aromatic heterocycles. The minimum Gasteiger partial charge on any atom is -0.344 e. The van der Waals surface area contributed by atoms with Crippen molar-refractivity contribution in [3.05, 3.63) is 94.3 Å². The fourth-order valence-electron chi connectivity index (χ4n) is 4.25. The number of carbonyl (C=O) groups is 1. The summed E-state index contributed by atoms with van der Waals surface area (Å²) < 4.78 is 52.6. The Hall–Kier alpha value is -3.29. The highest BCUT2D eigenvalue weighted by Crippen LogP contribution is 2.38. The van der Waals surface area contributed by atoms with Gasteiger partial charge in [0.15, 0.2) is 0 Å². The summed E-state index contributed by atoms with van der Waals surface area (Å²) in [4.78, 5) is 21.2. The Morgan fingerprint density at radius 3 is 2.61 bits per heavy atom. The number of alkyl halides is 3. The summed E-state index contributed by atoms with van der Waals surface area (Å²) in [6, 6.07) is 9.84. The number of nitrogens with one attached hydrogen (secondary N) is 1. The van der Waals surface area contributed by atoms with Gasteiger partial charge in [0, 0.05) is 29.6 Å². The lowest BCUT2D eigenvalue weighted by Gasteiger charge is -2.27. The van der Waals surface area contributed by atoms with Crippen molar-refractivity contribution in [3.8, 4) is 0 Å². The second kappa shape index (κ2) is 9.29. The van der Waals surface area contributed by atoms with Crippen molar-refractivity contribution in [1.29, 1.82) is 0 Å². The first-order chi connectivity index (χ1) is 15.8. The number of hydrogen-bond donors (Lipinski definition) is 1. The van der Waals surface area contributed by atoms with Crippen molar-refractivity contribution in [2.75, 3.05) is 0 Å². The van der Waals surface area contributed by atoms with E-state index in [1.54, 1.807) is 0 Å². The molecule has 2 heterocycles. The molecule has 1 N–H and O–H groups in total. The number of fused-ring (bicyclic) bond motifs is 1. The minimum atomic E-state index is -4.44. The molecule has 4 nitrogen and oxygen atoms in total. The molecule has 1 aromatic carbocycles. The third-order valence-corrected chi connectivity index (χ3v) is 5.98. The van der Waals surface area contributed by atoms with Gasteiger partial charge in [0.1, 0.15) is 5.82 Å². The van der Waals surface area contributed by atoms with Crippen LogP contribution < -0.4 is 5.32 Å². The van der Waals surface area contributed by atoms with Crippen LogP contribution in [0.3, 0.4) is 0 Å². The van der Waals surface area contributed by atoms with E-state index < -0.39 is 17.6 Å². The molecule has 0 saturated heterocycles. The number of benzene rings is 1. The lowest BCUT2D eigenvalue weighted by Crippen LogP contribution is -2.29. The van der Waals surface area contributed by atoms with Gasteiger partial charge in [0.25, 0.3) is 5.91 Å². The molecule has 1 amide bonds. The van der Waals surface area contributed by atoms with Gasteiger partial charge < -0.3 is 5.32 Å². The molecule has 3 aromatic rings. The van der Waals surface area contributed by atoms with Crippen LogP contribution in [0.25, 0.3) is 0 Å². The molecular formula is C25H23F4N3O. The Bertz CT molecular complexity index is 1150. The number of hydrogen-bond acceptors (Lipinski definition) is 3. The Morgan fingerprint density at radius 2 is 1.91 bits per heavy atom. The monoisotopic (exact) mass is 457 g/mol.